The summed E-state index contributed by atoms with van der Waals surface area (Å²) in [6.45, 7) is 3.24. The van der Waals surface area contributed by atoms with Crippen molar-refractivity contribution in [3.8, 4) is 0 Å². The van der Waals surface area contributed by atoms with E-state index in [0.717, 1.165) is 0 Å². The second kappa shape index (κ2) is 8.31. The second-order valence-electron chi connectivity index (χ2n) is 2.66. The normalized spacial score (nSPS) is 9.29. The van der Waals surface area contributed by atoms with Gasteiger partial charge in [0.25, 0.3) is 0 Å². The Morgan fingerprint density at radius 2 is 1.64 bits per heavy atom. The van der Waals surface area contributed by atoms with Crippen LogP contribution in [0.15, 0.2) is 0 Å². The third-order valence-electron chi connectivity index (χ3n) is 1.38. The molecule has 0 fully saturated rings. The van der Waals surface area contributed by atoms with Gasteiger partial charge in [-0.05, 0) is 0 Å². The standard InChI is InChI=1S/C8H17N3O3/c1-7(12)9-3-4-10-8(13)11-5-6-14-2/h3-6H2,1-2H3,(H,9,12)(H2,10,11,13). The number of carbonyl (C=O) groups excluding carboxylic acids is 2. The van der Waals surface area contributed by atoms with Crippen LogP contribution >= 0.6 is 0 Å². The van der Waals surface area contributed by atoms with Crippen molar-refractivity contribution in [3.05, 3.63) is 0 Å². The van der Waals surface area contributed by atoms with Gasteiger partial charge in [-0.1, -0.05) is 0 Å². The summed E-state index contributed by atoms with van der Waals surface area (Å²) in [6.07, 6.45) is 0. The number of carbonyl (C=O) groups is 2. The van der Waals surface area contributed by atoms with E-state index in [9.17, 15) is 9.59 Å². The lowest BCUT2D eigenvalue weighted by molar-refractivity contribution is -0.118. The summed E-state index contributed by atoms with van der Waals surface area (Å²) in [4.78, 5) is 21.4. The fourth-order valence-corrected chi connectivity index (χ4v) is 0.744. The molecule has 6 nitrogen and oxygen atoms in total. The van der Waals surface area contributed by atoms with Crippen molar-refractivity contribution in [1.82, 2.24) is 16.0 Å². The number of methoxy groups -OCH3 is 1. The van der Waals surface area contributed by atoms with E-state index in [1.165, 1.54) is 6.92 Å². The molecular weight excluding hydrogens is 186 g/mol. The van der Waals surface area contributed by atoms with Crippen LogP contribution in [0.25, 0.3) is 0 Å². The monoisotopic (exact) mass is 203 g/mol. The zero-order valence-electron chi connectivity index (χ0n) is 8.55. The van der Waals surface area contributed by atoms with Crippen molar-refractivity contribution in [3.63, 3.8) is 0 Å². The van der Waals surface area contributed by atoms with Gasteiger partial charge in [-0.3, -0.25) is 4.79 Å². The summed E-state index contributed by atoms with van der Waals surface area (Å²) in [5, 5.41) is 7.72. The van der Waals surface area contributed by atoms with Crippen molar-refractivity contribution in [2.45, 2.75) is 6.92 Å². The Hall–Kier alpha value is -1.30. The molecule has 0 saturated carbocycles. The first-order chi connectivity index (χ1) is 6.66. The van der Waals surface area contributed by atoms with Crippen molar-refractivity contribution in [2.75, 3.05) is 33.4 Å². The topological polar surface area (TPSA) is 79.5 Å². The zero-order valence-corrected chi connectivity index (χ0v) is 8.55. The van der Waals surface area contributed by atoms with Gasteiger partial charge in [0.2, 0.25) is 5.91 Å². The summed E-state index contributed by atoms with van der Waals surface area (Å²) in [6, 6.07) is -0.257. The first-order valence-corrected chi connectivity index (χ1v) is 4.42. The lowest BCUT2D eigenvalue weighted by Crippen LogP contribution is -2.40. The third kappa shape index (κ3) is 8.79. The number of nitrogens with one attached hydrogen (secondary N) is 3. The van der Waals surface area contributed by atoms with Gasteiger partial charge in [0.1, 0.15) is 0 Å². The van der Waals surface area contributed by atoms with Gasteiger partial charge in [0.15, 0.2) is 0 Å². The number of urea groups is 1. The first kappa shape index (κ1) is 12.7. The minimum Gasteiger partial charge on any atom is -0.383 e. The molecule has 14 heavy (non-hydrogen) atoms. The Bertz CT molecular complexity index is 185. The van der Waals surface area contributed by atoms with Gasteiger partial charge in [0, 0.05) is 33.7 Å². The van der Waals surface area contributed by atoms with Gasteiger partial charge in [-0.25, -0.2) is 4.79 Å². The Kier molecular flexibility index (Phi) is 7.53. The lowest BCUT2D eigenvalue weighted by atomic mass is 10.5. The highest BCUT2D eigenvalue weighted by Crippen LogP contribution is 1.67. The molecule has 0 heterocycles. The highest BCUT2D eigenvalue weighted by molar-refractivity contribution is 5.74. The van der Waals surface area contributed by atoms with Gasteiger partial charge >= 0.3 is 6.03 Å². The smallest absolute Gasteiger partial charge is 0.314 e. The number of hydrogen-bond acceptors (Lipinski definition) is 3. The van der Waals surface area contributed by atoms with E-state index in [-0.39, 0.29) is 11.9 Å². The van der Waals surface area contributed by atoms with Crippen LogP contribution < -0.4 is 16.0 Å². The number of rotatable bonds is 6. The van der Waals surface area contributed by atoms with E-state index in [0.29, 0.717) is 26.2 Å². The van der Waals surface area contributed by atoms with Crippen LogP contribution in [0.3, 0.4) is 0 Å². The highest BCUT2D eigenvalue weighted by atomic mass is 16.5. The van der Waals surface area contributed by atoms with Gasteiger partial charge in [-0.15, -0.1) is 0 Å². The maximum atomic E-state index is 11.0. The number of hydrogen-bond donors (Lipinski definition) is 3. The average Bonchev–Trinajstić information content (AvgIpc) is 2.13. The molecule has 0 aliphatic carbocycles. The number of amides is 3. The first-order valence-electron chi connectivity index (χ1n) is 4.42. The molecule has 0 saturated heterocycles. The summed E-state index contributed by atoms with van der Waals surface area (Å²) < 4.78 is 4.75. The SMILES string of the molecule is COCCNC(=O)NCCNC(C)=O. The molecule has 3 N–H and O–H groups in total. The van der Waals surface area contributed by atoms with Crippen LogP contribution in [0.2, 0.25) is 0 Å². The van der Waals surface area contributed by atoms with Crippen LogP contribution in [0, 0.1) is 0 Å². The molecule has 0 rings (SSSR count). The number of ether oxygens (including phenoxy) is 1. The quantitative estimate of drug-likeness (QED) is 0.488. The molecule has 0 atom stereocenters. The molecule has 0 radical (unpaired) electrons. The summed E-state index contributed by atoms with van der Waals surface area (Å²) in [7, 11) is 1.57. The van der Waals surface area contributed by atoms with E-state index in [2.05, 4.69) is 16.0 Å². The van der Waals surface area contributed by atoms with Crippen LogP contribution in [0.1, 0.15) is 6.92 Å². The summed E-state index contributed by atoms with van der Waals surface area (Å²) in [5.41, 5.74) is 0. The maximum Gasteiger partial charge on any atom is 0.314 e. The Morgan fingerprint density at radius 1 is 1.07 bits per heavy atom. The lowest BCUT2D eigenvalue weighted by Gasteiger charge is -2.06. The molecule has 82 valence electrons. The molecule has 0 aliphatic heterocycles. The minimum atomic E-state index is -0.257. The largest absolute Gasteiger partial charge is 0.383 e. The van der Waals surface area contributed by atoms with Gasteiger partial charge in [-0.2, -0.15) is 0 Å². The maximum absolute atomic E-state index is 11.0. The van der Waals surface area contributed by atoms with E-state index in [4.69, 9.17) is 4.74 Å². The predicted molar refractivity (Wildman–Crippen MR) is 52.0 cm³/mol. The van der Waals surface area contributed by atoms with Crippen LogP contribution in [0.4, 0.5) is 4.79 Å². The van der Waals surface area contributed by atoms with E-state index in [1.807, 2.05) is 0 Å². The van der Waals surface area contributed by atoms with Crippen molar-refractivity contribution in [1.29, 1.82) is 0 Å². The Labute approximate surface area is 83.4 Å². The average molecular weight is 203 g/mol. The molecule has 0 aromatic carbocycles. The predicted octanol–water partition coefficient (Wildman–Crippen LogP) is -0.932. The Balaban J connectivity index is 3.22. The third-order valence-corrected chi connectivity index (χ3v) is 1.38. The van der Waals surface area contributed by atoms with E-state index < -0.39 is 0 Å². The minimum absolute atomic E-state index is 0.105. The molecule has 0 aromatic rings. The summed E-state index contributed by atoms with van der Waals surface area (Å²) >= 11 is 0. The molecule has 0 aliphatic rings. The molecule has 0 bridgehead atoms. The summed E-state index contributed by atoms with van der Waals surface area (Å²) in [5.74, 6) is -0.105. The molecule has 3 amide bonds. The van der Waals surface area contributed by atoms with Crippen LogP contribution in [-0.2, 0) is 9.53 Å². The van der Waals surface area contributed by atoms with Crippen LogP contribution in [0.5, 0.6) is 0 Å². The fourth-order valence-electron chi connectivity index (χ4n) is 0.744. The van der Waals surface area contributed by atoms with Crippen molar-refractivity contribution in [2.24, 2.45) is 0 Å². The fraction of sp³-hybridized carbons (Fsp3) is 0.750. The highest BCUT2D eigenvalue weighted by Gasteiger charge is 1.97. The van der Waals surface area contributed by atoms with E-state index in [1.54, 1.807) is 7.11 Å². The van der Waals surface area contributed by atoms with E-state index >= 15 is 0 Å². The van der Waals surface area contributed by atoms with Crippen LogP contribution in [-0.4, -0.2) is 45.3 Å². The van der Waals surface area contributed by atoms with Gasteiger partial charge < -0.3 is 20.7 Å². The van der Waals surface area contributed by atoms with Crippen molar-refractivity contribution >= 4 is 11.9 Å². The Morgan fingerprint density at radius 3 is 2.21 bits per heavy atom. The molecule has 6 heteroatoms. The molecular formula is C8H17N3O3. The molecule has 0 unspecified atom stereocenters. The van der Waals surface area contributed by atoms with Crippen molar-refractivity contribution < 1.29 is 14.3 Å². The molecule has 0 spiro atoms. The van der Waals surface area contributed by atoms with Gasteiger partial charge in [0.05, 0.1) is 6.61 Å². The zero-order chi connectivity index (χ0) is 10.8. The molecule has 0 aromatic heterocycles. The second-order valence-corrected chi connectivity index (χ2v) is 2.66.